The molecule has 0 aliphatic carbocycles. The van der Waals surface area contributed by atoms with Crippen LogP contribution in [0.25, 0.3) is 22.9 Å². The fourth-order valence-electron chi connectivity index (χ4n) is 3.33. The smallest absolute Gasteiger partial charge is 0.249 e. The van der Waals surface area contributed by atoms with Crippen molar-refractivity contribution < 1.29 is 9.21 Å². The van der Waals surface area contributed by atoms with Crippen LogP contribution in [0.1, 0.15) is 17.0 Å². The van der Waals surface area contributed by atoms with E-state index in [-0.39, 0.29) is 12.5 Å². The first-order valence-electron chi connectivity index (χ1n) is 9.59. The van der Waals surface area contributed by atoms with Gasteiger partial charge in [0.05, 0.1) is 5.56 Å². The number of aromatic nitrogens is 3. The number of benzene rings is 2. The van der Waals surface area contributed by atoms with E-state index in [2.05, 4.69) is 15.5 Å². The fraction of sp³-hybridized carbons (Fsp3) is 0.174. The maximum Gasteiger partial charge on any atom is 0.249 e. The molecule has 1 amide bonds. The van der Waals surface area contributed by atoms with Gasteiger partial charge in [0.2, 0.25) is 17.7 Å². The van der Waals surface area contributed by atoms with Crippen LogP contribution in [0.15, 0.2) is 65.1 Å². The molecule has 0 bridgehead atoms. The van der Waals surface area contributed by atoms with Gasteiger partial charge < -0.3 is 14.3 Å². The summed E-state index contributed by atoms with van der Waals surface area (Å²) in [7, 11) is 0. The lowest BCUT2D eigenvalue weighted by Crippen LogP contribution is -2.28. The van der Waals surface area contributed by atoms with E-state index in [1.807, 2.05) is 79.1 Å². The molecule has 1 N–H and O–H groups in total. The van der Waals surface area contributed by atoms with Crippen molar-refractivity contribution >= 4 is 17.5 Å². The molecule has 0 saturated carbocycles. The van der Waals surface area contributed by atoms with Crippen LogP contribution in [0, 0.1) is 13.8 Å². The summed E-state index contributed by atoms with van der Waals surface area (Å²) >= 11 is 6.16. The van der Waals surface area contributed by atoms with E-state index in [4.69, 9.17) is 16.0 Å². The lowest BCUT2D eigenvalue weighted by atomic mass is 10.2. The molecule has 0 fully saturated rings. The molecule has 0 aliphatic rings. The average molecular weight is 421 g/mol. The third-order valence-electron chi connectivity index (χ3n) is 4.99. The van der Waals surface area contributed by atoms with E-state index in [0.29, 0.717) is 23.3 Å². The number of aryl methyl sites for hydroxylation is 1. The average Bonchev–Trinajstić information content (AvgIpc) is 3.34. The first-order chi connectivity index (χ1) is 14.5. The molecule has 4 rings (SSSR count). The van der Waals surface area contributed by atoms with Gasteiger partial charge in [-0.3, -0.25) is 4.79 Å². The number of hydrogen-bond donors (Lipinski definition) is 1. The first kappa shape index (κ1) is 19.9. The predicted octanol–water partition coefficient (Wildman–Crippen LogP) is 4.79. The predicted molar refractivity (Wildman–Crippen MR) is 116 cm³/mol. The summed E-state index contributed by atoms with van der Waals surface area (Å²) in [5.74, 6) is 0.802. The Morgan fingerprint density at radius 1 is 1.03 bits per heavy atom. The van der Waals surface area contributed by atoms with Gasteiger partial charge in [-0.2, -0.15) is 0 Å². The van der Waals surface area contributed by atoms with Gasteiger partial charge in [-0.15, -0.1) is 10.2 Å². The Labute approximate surface area is 179 Å². The van der Waals surface area contributed by atoms with Crippen molar-refractivity contribution in [2.75, 3.05) is 0 Å². The van der Waals surface area contributed by atoms with Crippen molar-refractivity contribution in [2.24, 2.45) is 0 Å². The van der Waals surface area contributed by atoms with Crippen LogP contribution >= 0.6 is 11.6 Å². The van der Waals surface area contributed by atoms with Gasteiger partial charge in [0.15, 0.2) is 0 Å². The first-order valence-corrected chi connectivity index (χ1v) is 9.97. The van der Waals surface area contributed by atoms with Gasteiger partial charge in [0.1, 0.15) is 6.54 Å². The Morgan fingerprint density at radius 3 is 2.50 bits per heavy atom. The minimum Gasteiger partial charge on any atom is -0.416 e. The molecule has 2 aromatic carbocycles. The molecule has 0 atom stereocenters. The number of amides is 1. The summed E-state index contributed by atoms with van der Waals surface area (Å²) in [5, 5.41) is 11.9. The fourth-order valence-corrected chi connectivity index (χ4v) is 3.53. The Bertz CT molecular complexity index is 1180. The number of halogens is 1. The molecule has 0 aliphatic heterocycles. The van der Waals surface area contributed by atoms with E-state index in [0.717, 1.165) is 28.1 Å². The number of hydrogen-bond acceptors (Lipinski definition) is 4. The monoisotopic (exact) mass is 420 g/mol. The molecule has 0 unspecified atom stereocenters. The van der Waals surface area contributed by atoms with Crippen LogP contribution in [0.2, 0.25) is 5.02 Å². The molecule has 0 saturated heterocycles. The number of carbonyl (C=O) groups excluding carboxylic acids is 1. The zero-order valence-corrected chi connectivity index (χ0v) is 17.5. The van der Waals surface area contributed by atoms with Crippen molar-refractivity contribution in [3.8, 4) is 22.9 Å². The molecule has 0 radical (unpaired) electrons. The summed E-state index contributed by atoms with van der Waals surface area (Å²) in [6.45, 7) is 4.47. The van der Waals surface area contributed by atoms with Crippen LogP contribution in [0.5, 0.6) is 0 Å². The largest absolute Gasteiger partial charge is 0.416 e. The lowest BCUT2D eigenvalue weighted by Gasteiger charge is -2.11. The molecule has 30 heavy (non-hydrogen) atoms. The number of carbonyl (C=O) groups is 1. The summed E-state index contributed by atoms with van der Waals surface area (Å²) in [6.07, 6.45) is 0. The van der Waals surface area contributed by atoms with Crippen molar-refractivity contribution in [1.29, 1.82) is 0 Å². The number of nitrogens with zero attached hydrogens (tertiary/aromatic N) is 3. The van der Waals surface area contributed by atoms with Crippen molar-refractivity contribution in [3.63, 3.8) is 0 Å². The zero-order valence-electron chi connectivity index (χ0n) is 16.7. The normalized spacial score (nSPS) is 10.9. The molecule has 7 heteroatoms. The SMILES string of the molecule is Cc1cc(-c2nnc(-c3ccccc3)o2)c(C)n1CC(=O)NCc1ccccc1Cl. The summed E-state index contributed by atoms with van der Waals surface area (Å²) in [4.78, 5) is 12.5. The van der Waals surface area contributed by atoms with Crippen LogP contribution < -0.4 is 5.32 Å². The van der Waals surface area contributed by atoms with Gasteiger partial charge in [-0.1, -0.05) is 48.0 Å². The highest BCUT2D eigenvalue weighted by molar-refractivity contribution is 6.31. The van der Waals surface area contributed by atoms with Crippen molar-refractivity contribution in [1.82, 2.24) is 20.1 Å². The Balaban J connectivity index is 1.49. The summed E-state index contributed by atoms with van der Waals surface area (Å²) in [5.41, 5.74) is 4.40. The van der Waals surface area contributed by atoms with Crippen molar-refractivity contribution in [2.45, 2.75) is 26.9 Å². The quantitative estimate of drug-likeness (QED) is 0.486. The van der Waals surface area contributed by atoms with Gasteiger partial charge in [-0.05, 0) is 43.7 Å². The number of rotatable bonds is 6. The molecule has 0 spiro atoms. The highest BCUT2D eigenvalue weighted by Gasteiger charge is 2.18. The topological polar surface area (TPSA) is 73.0 Å². The van der Waals surface area contributed by atoms with Crippen LogP contribution in [-0.2, 0) is 17.9 Å². The zero-order chi connectivity index (χ0) is 21.1. The third kappa shape index (κ3) is 4.14. The second-order valence-corrected chi connectivity index (χ2v) is 7.42. The van der Waals surface area contributed by atoms with Gasteiger partial charge in [0, 0.05) is 28.5 Å². The van der Waals surface area contributed by atoms with Crippen LogP contribution in [0.3, 0.4) is 0 Å². The van der Waals surface area contributed by atoms with Gasteiger partial charge in [0.25, 0.3) is 0 Å². The van der Waals surface area contributed by atoms with Gasteiger partial charge >= 0.3 is 0 Å². The number of nitrogens with one attached hydrogen (secondary N) is 1. The lowest BCUT2D eigenvalue weighted by molar-refractivity contribution is -0.121. The standard InChI is InChI=1S/C23H21ClN4O2/c1-15-12-19(23-27-26-22(30-23)17-8-4-3-5-9-17)16(2)28(15)14-21(29)25-13-18-10-6-7-11-20(18)24/h3-12H,13-14H2,1-2H3,(H,25,29). The van der Waals surface area contributed by atoms with Crippen LogP contribution in [-0.4, -0.2) is 20.7 Å². The highest BCUT2D eigenvalue weighted by Crippen LogP contribution is 2.28. The van der Waals surface area contributed by atoms with Crippen molar-refractivity contribution in [3.05, 3.63) is 82.6 Å². The Kier molecular flexibility index (Phi) is 5.68. The molecule has 2 heterocycles. The van der Waals surface area contributed by atoms with E-state index >= 15 is 0 Å². The van der Waals surface area contributed by atoms with E-state index in [9.17, 15) is 4.79 Å². The van der Waals surface area contributed by atoms with Crippen LogP contribution in [0.4, 0.5) is 0 Å². The Morgan fingerprint density at radius 2 is 1.73 bits per heavy atom. The van der Waals surface area contributed by atoms with Gasteiger partial charge in [-0.25, -0.2) is 0 Å². The Hall–Kier alpha value is -3.38. The van der Waals surface area contributed by atoms with E-state index in [1.165, 1.54) is 0 Å². The molecule has 6 nitrogen and oxygen atoms in total. The maximum atomic E-state index is 12.5. The second-order valence-electron chi connectivity index (χ2n) is 7.02. The second kappa shape index (κ2) is 8.55. The maximum absolute atomic E-state index is 12.5. The summed E-state index contributed by atoms with van der Waals surface area (Å²) < 4.78 is 7.81. The molecular formula is C23H21ClN4O2. The molecule has 4 aromatic rings. The van der Waals surface area contributed by atoms with E-state index in [1.54, 1.807) is 0 Å². The van der Waals surface area contributed by atoms with E-state index < -0.39 is 0 Å². The molecule has 2 aromatic heterocycles. The molecule has 152 valence electrons. The highest BCUT2D eigenvalue weighted by atomic mass is 35.5. The molecular weight excluding hydrogens is 400 g/mol. The summed E-state index contributed by atoms with van der Waals surface area (Å²) in [6, 6.07) is 19.0. The minimum absolute atomic E-state index is 0.0984. The minimum atomic E-state index is -0.0984. The third-order valence-corrected chi connectivity index (χ3v) is 5.35.